The largest absolute Gasteiger partial charge is 0.497 e. The second-order valence-electron chi connectivity index (χ2n) is 4.64. The van der Waals surface area contributed by atoms with Crippen LogP contribution < -0.4 is 10.1 Å². The van der Waals surface area contributed by atoms with Crippen molar-refractivity contribution < 1.29 is 9.53 Å². The van der Waals surface area contributed by atoms with Crippen LogP contribution in [-0.2, 0) is 6.54 Å². The number of para-hydroxylation sites is 1. The maximum atomic E-state index is 12.3. The summed E-state index contributed by atoms with van der Waals surface area (Å²) >= 11 is 0. The number of nitrogens with one attached hydrogen (secondary N) is 2. The maximum Gasteiger partial charge on any atom is 0.253 e. The lowest BCUT2D eigenvalue weighted by Crippen LogP contribution is -2.23. The van der Waals surface area contributed by atoms with Crippen molar-refractivity contribution >= 4 is 16.9 Å². The van der Waals surface area contributed by atoms with Crippen molar-refractivity contribution in [1.82, 2.24) is 15.3 Å². The highest BCUT2D eigenvalue weighted by Gasteiger charge is 2.11. The fourth-order valence-electron chi connectivity index (χ4n) is 2.17. The van der Waals surface area contributed by atoms with Gasteiger partial charge >= 0.3 is 0 Å². The number of carbonyl (C=O) groups excluding carboxylic acids is 1. The van der Waals surface area contributed by atoms with Gasteiger partial charge in [-0.3, -0.25) is 4.79 Å². The van der Waals surface area contributed by atoms with Gasteiger partial charge in [-0.2, -0.15) is 0 Å². The predicted octanol–water partition coefficient (Wildman–Crippen LogP) is 2.50. The molecule has 3 rings (SSSR count). The molecule has 1 heterocycles. The first-order valence-corrected chi connectivity index (χ1v) is 6.61. The third-order valence-electron chi connectivity index (χ3n) is 3.31. The lowest BCUT2D eigenvalue weighted by atomic mass is 10.1. The molecule has 0 atom stereocenters. The summed E-state index contributed by atoms with van der Waals surface area (Å²) < 4.78 is 5.10. The topological polar surface area (TPSA) is 67.0 Å². The molecule has 0 bridgehead atoms. The summed E-state index contributed by atoms with van der Waals surface area (Å²) in [6, 6.07) is 13.1. The van der Waals surface area contributed by atoms with E-state index in [4.69, 9.17) is 4.74 Å². The molecule has 2 N–H and O–H groups in total. The molecule has 5 nitrogen and oxygen atoms in total. The van der Waals surface area contributed by atoms with E-state index in [2.05, 4.69) is 15.3 Å². The van der Waals surface area contributed by atoms with Crippen LogP contribution in [0.4, 0.5) is 0 Å². The summed E-state index contributed by atoms with van der Waals surface area (Å²) in [5, 5.41) is 2.90. The molecular formula is C16H15N3O2. The smallest absolute Gasteiger partial charge is 0.253 e. The van der Waals surface area contributed by atoms with Gasteiger partial charge < -0.3 is 15.0 Å². The molecule has 2 aromatic carbocycles. The molecule has 3 aromatic rings. The molecule has 0 fully saturated rings. The van der Waals surface area contributed by atoms with Gasteiger partial charge in [0.25, 0.3) is 5.91 Å². The van der Waals surface area contributed by atoms with E-state index in [1.165, 1.54) is 0 Å². The number of aromatic amines is 1. The Morgan fingerprint density at radius 1 is 1.24 bits per heavy atom. The number of rotatable bonds is 4. The average Bonchev–Trinajstić information content (AvgIpc) is 3.01. The minimum absolute atomic E-state index is 0.136. The maximum absolute atomic E-state index is 12.3. The number of hydrogen-bond donors (Lipinski definition) is 2. The zero-order chi connectivity index (χ0) is 14.7. The number of fused-ring (bicyclic) bond motifs is 1. The fraction of sp³-hybridized carbons (Fsp3) is 0.125. The molecule has 0 saturated carbocycles. The second-order valence-corrected chi connectivity index (χ2v) is 4.64. The van der Waals surface area contributed by atoms with Crippen LogP contribution in [0.1, 0.15) is 15.9 Å². The Morgan fingerprint density at radius 2 is 2.05 bits per heavy atom. The van der Waals surface area contributed by atoms with E-state index in [0.29, 0.717) is 17.6 Å². The minimum atomic E-state index is -0.136. The van der Waals surface area contributed by atoms with Gasteiger partial charge in [-0.15, -0.1) is 0 Å². The normalized spacial score (nSPS) is 10.5. The van der Waals surface area contributed by atoms with Gasteiger partial charge in [0, 0.05) is 6.54 Å². The van der Waals surface area contributed by atoms with Crippen LogP contribution in [0.3, 0.4) is 0 Å². The molecule has 0 unspecified atom stereocenters. The number of amides is 1. The quantitative estimate of drug-likeness (QED) is 0.772. The van der Waals surface area contributed by atoms with Gasteiger partial charge in [0.2, 0.25) is 0 Å². The Hall–Kier alpha value is -2.82. The molecule has 0 aliphatic heterocycles. The Kier molecular flexibility index (Phi) is 3.55. The molecule has 0 radical (unpaired) electrons. The predicted molar refractivity (Wildman–Crippen MR) is 80.3 cm³/mol. The van der Waals surface area contributed by atoms with Crippen molar-refractivity contribution in [1.29, 1.82) is 0 Å². The molecule has 106 valence electrons. The van der Waals surface area contributed by atoms with Gasteiger partial charge in [0.1, 0.15) is 11.3 Å². The number of ether oxygens (including phenoxy) is 1. The molecule has 0 aliphatic carbocycles. The van der Waals surface area contributed by atoms with Crippen LogP contribution in [0.25, 0.3) is 11.0 Å². The van der Waals surface area contributed by atoms with Crippen molar-refractivity contribution in [2.24, 2.45) is 0 Å². The number of benzene rings is 2. The molecule has 1 amide bonds. The molecule has 1 aromatic heterocycles. The van der Waals surface area contributed by atoms with Crippen molar-refractivity contribution in [3.63, 3.8) is 0 Å². The van der Waals surface area contributed by atoms with E-state index in [-0.39, 0.29) is 5.91 Å². The highest BCUT2D eigenvalue weighted by atomic mass is 16.5. The first-order valence-electron chi connectivity index (χ1n) is 6.61. The SMILES string of the molecule is COc1ccc(CNC(=O)c2cccc3[nH]cnc23)cc1. The van der Waals surface area contributed by atoms with Crippen LogP contribution in [-0.4, -0.2) is 23.0 Å². The zero-order valence-corrected chi connectivity index (χ0v) is 11.6. The average molecular weight is 281 g/mol. The summed E-state index contributed by atoms with van der Waals surface area (Å²) in [5.41, 5.74) is 3.12. The molecule has 0 spiro atoms. The summed E-state index contributed by atoms with van der Waals surface area (Å²) in [6.45, 7) is 0.462. The van der Waals surface area contributed by atoms with E-state index in [1.54, 1.807) is 19.5 Å². The Labute approximate surface area is 122 Å². The zero-order valence-electron chi connectivity index (χ0n) is 11.6. The first-order chi connectivity index (χ1) is 10.3. The molecule has 5 heteroatoms. The van der Waals surface area contributed by atoms with E-state index < -0.39 is 0 Å². The lowest BCUT2D eigenvalue weighted by molar-refractivity contribution is 0.0952. The van der Waals surface area contributed by atoms with E-state index in [9.17, 15) is 4.79 Å². The highest BCUT2D eigenvalue weighted by molar-refractivity contribution is 6.04. The molecule has 21 heavy (non-hydrogen) atoms. The summed E-state index contributed by atoms with van der Waals surface area (Å²) in [7, 11) is 1.63. The van der Waals surface area contributed by atoms with Crippen molar-refractivity contribution in [3.8, 4) is 5.75 Å². The van der Waals surface area contributed by atoms with Gasteiger partial charge in [0.15, 0.2) is 0 Å². The van der Waals surface area contributed by atoms with Crippen LogP contribution in [0.15, 0.2) is 48.8 Å². The summed E-state index contributed by atoms with van der Waals surface area (Å²) in [6.07, 6.45) is 1.59. The monoisotopic (exact) mass is 281 g/mol. The fourth-order valence-corrected chi connectivity index (χ4v) is 2.17. The van der Waals surface area contributed by atoms with Gasteiger partial charge in [-0.1, -0.05) is 18.2 Å². The van der Waals surface area contributed by atoms with Gasteiger partial charge in [0.05, 0.1) is 24.5 Å². The Morgan fingerprint density at radius 3 is 2.81 bits per heavy atom. The van der Waals surface area contributed by atoms with Crippen molar-refractivity contribution in [3.05, 3.63) is 59.9 Å². The number of hydrogen-bond acceptors (Lipinski definition) is 3. The van der Waals surface area contributed by atoms with Crippen LogP contribution in [0.2, 0.25) is 0 Å². The van der Waals surface area contributed by atoms with Crippen molar-refractivity contribution in [2.75, 3.05) is 7.11 Å². The van der Waals surface area contributed by atoms with Crippen molar-refractivity contribution in [2.45, 2.75) is 6.54 Å². The summed E-state index contributed by atoms with van der Waals surface area (Å²) in [4.78, 5) is 19.4. The first kappa shape index (κ1) is 13.2. The van der Waals surface area contributed by atoms with E-state index in [1.807, 2.05) is 36.4 Å². The number of imidazole rings is 1. The number of methoxy groups -OCH3 is 1. The Bertz CT molecular complexity index is 763. The second kappa shape index (κ2) is 5.66. The van der Waals surface area contributed by atoms with E-state index >= 15 is 0 Å². The molecular weight excluding hydrogens is 266 g/mol. The van der Waals surface area contributed by atoms with Gasteiger partial charge in [-0.05, 0) is 29.8 Å². The van der Waals surface area contributed by atoms with Crippen LogP contribution in [0, 0.1) is 0 Å². The third kappa shape index (κ3) is 2.72. The van der Waals surface area contributed by atoms with Crippen LogP contribution in [0.5, 0.6) is 5.75 Å². The number of aromatic nitrogens is 2. The summed E-state index contributed by atoms with van der Waals surface area (Å²) in [5.74, 6) is 0.662. The molecule has 0 aliphatic rings. The number of carbonyl (C=O) groups is 1. The van der Waals surface area contributed by atoms with E-state index in [0.717, 1.165) is 16.8 Å². The lowest BCUT2D eigenvalue weighted by Gasteiger charge is -2.07. The molecule has 0 saturated heterocycles. The number of H-pyrrole nitrogens is 1. The highest BCUT2D eigenvalue weighted by Crippen LogP contribution is 2.15. The Balaban J connectivity index is 1.72. The number of nitrogens with zero attached hydrogens (tertiary/aromatic N) is 1. The third-order valence-corrected chi connectivity index (χ3v) is 3.31. The van der Waals surface area contributed by atoms with Crippen LogP contribution >= 0.6 is 0 Å². The standard InChI is InChI=1S/C16H15N3O2/c1-21-12-7-5-11(6-8-12)9-17-16(20)13-3-2-4-14-15(13)19-10-18-14/h2-8,10H,9H2,1H3,(H,17,20)(H,18,19). The minimum Gasteiger partial charge on any atom is -0.497 e. The van der Waals surface area contributed by atoms with Gasteiger partial charge in [-0.25, -0.2) is 4.98 Å².